The predicted molar refractivity (Wildman–Crippen MR) is 84.1 cm³/mol. The Balaban J connectivity index is 1.83. The number of halogens is 1. The first-order valence-electron chi connectivity index (χ1n) is 8.06. The van der Waals surface area contributed by atoms with Gasteiger partial charge in [-0.25, -0.2) is 4.39 Å². The van der Waals surface area contributed by atoms with Crippen LogP contribution in [0.15, 0.2) is 18.2 Å². The van der Waals surface area contributed by atoms with Crippen LogP contribution in [-0.4, -0.2) is 24.9 Å². The molecule has 1 heterocycles. The van der Waals surface area contributed by atoms with Gasteiger partial charge < -0.3 is 14.0 Å². The van der Waals surface area contributed by atoms with Crippen molar-refractivity contribution in [3.63, 3.8) is 0 Å². The second-order valence-corrected chi connectivity index (χ2v) is 8.20. The SMILES string of the molecule is COc1ccc([B-]2(C34CC3C4)OC(C)(C)C(C)(C)O2)cc1F. The molecule has 0 bridgehead atoms. The fourth-order valence-corrected chi connectivity index (χ4v) is 4.12. The molecule has 2 saturated carbocycles. The highest BCUT2D eigenvalue weighted by Gasteiger charge is 2.78. The molecule has 120 valence electrons. The summed E-state index contributed by atoms with van der Waals surface area (Å²) in [6.45, 7) is 6.59. The van der Waals surface area contributed by atoms with Crippen LogP contribution in [0.2, 0.25) is 5.31 Å². The minimum absolute atomic E-state index is 0.103. The zero-order chi connectivity index (χ0) is 16.0. The van der Waals surface area contributed by atoms with Crippen LogP contribution in [0.25, 0.3) is 0 Å². The van der Waals surface area contributed by atoms with Crippen molar-refractivity contribution < 1.29 is 18.4 Å². The number of hydrogen-bond donors (Lipinski definition) is 0. The smallest absolute Gasteiger partial charge is 0.276 e. The van der Waals surface area contributed by atoms with E-state index in [1.807, 2.05) is 6.07 Å². The van der Waals surface area contributed by atoms with E-state index in [1.54, 1.807) is 12.1 Å². The lowest BCUT2D eigenvalue weighted by atomic mass is 9.43. The van der Waals surface area contributed by atoms with Crippen LogP contribution in [0.4, 0.5) is 4.39 Å². The molecule has 0 N–H and O–H groups in total. The van der Waals surface area contributed by atoms with Gasteiger partial charge in [-0.15, -0.1) is 5.46 Å². The Morgan fingerprint density at radius 2 is 1.68 bits per heavy atom. The Morgan fingerprint density at radius 3 is 2.09 bits per heavy atom. The summed E-state index contributed by atoms with van der Waals surface area (Å²) in [4.78, 5) is 0. The van der Waals surface area contributed by atoms with Crippen molar-refractivity contribution in [3.05, 3.63) is 24.0 Å². The van der Waals surface area contributed by atoms with Gasteiger partial charge >= 0.3 is 0 Å². The Morgan fingerprint density at radius 1 is 1.14 bits per heavy atom. The average Bonchev–Trinajstić information content (AvgIpc) is 3.24. The fourth-order valence-electron chi connectivity index (χ4n) is 4.12. The first-order chi connectivity index (χ1) is 10.2. The van der Waals surface area contributed by atoms with Crippen LogP contribution < -0.4 is 10.2 Å². The second-order valence-electron chi connectivity index (χ2n) is 8.20. The van der Waals surface area contributed by atoms with Crippen molar-refractivity contribution in [2.24, 2.45) is 5.92 Å². The van der Waals surface area contributed by atoms with Crippen molar-refractivity contribution in [2.75, 3.05) is 7.11 Å². The van der Waals surface area contributed by atoms with E-state index < -0.39 is 17.8 Å². The molecular formula is C17H23BFO3-. The Hall–Kier alpha value is -1.07. The van der Waals surface area contributed by atoms with Crippen molar-refractivity contribution in [1.29, 1.82) is 0 Å². The number of fused-ring (bicyclic) bond motifs is 1. The molecular weight excluding hydrogens is 282 g/mol. The summed E-state index contributed by atoms with van der Waals surface area (Å²) in [6, 6.07) is 5.12. The number of methoxy groups -OCH3 is 1. The second kappa shape index (κ2) is 3.88. The van der Waals surface area contributed by atoms with Gasteiger partial charge in [0.1, 0.15) is 0 Å². The predicted octanol–water partition coefficient (Wildman–Crippen LogP) is 3.25. The summed E-state index contributed by atoms with van der Waals surface area (Å²) in [7, 11) is 1.48. The summed E-state index contributed by atoms with van der Waals surface area (Å²) in [5.41, 5.74) is 0.0128. The highest BCUT2D eigenvalue weighted by molar-refractivity contribution is 6.86. The van der Waals surface area contributed by atoms with Gasteiger partial charge in [0.25, 0.3) is 6.55 Å². The molecule has 0 aromatic heterocycles. The van der Waals surface area contributed by atoms with Crippen LogP contribution in [0, 0.1) is 11.7 Å². The number of ether oxygens (including phenoxy) is 1. The van der Waals surface area contributed by atoms with Crippen LogP contribution >= 0.6 is 0 Å². The fraction of sp³-hybridized carbons (Fsp3) is 0.647. The average molecular weight is 305 g/mol. The molecule has 4 rings (SSSR count). The van der Waals surface area contributed by atoms with Gasteiger partial charge in [-0.3, -0.25) is 0 Å². The highest BCUT2D eigenvalue weighted by Crippen LogP contribution is 2.87. The van der Waals surface area contributed by atoms with E-state index in [0.717, 1.165) is 18.3 Å². The van der Waals surface area contributed by atoms with Gasteiger partial charge in [0.05, 0.1) is 7.11 Å². The van der Waals surface area contributed by atoms with E-state index in [0.29, 0.717) is 5.92 Å². The first kappa shape index (κ1) is 14.5. The molecule has 22 heavy (non-hydrogen) atoms. The molecule has 2 aliphatic carbocycles. The standard InChI is InChI=1S/C17H23BFO3/c1-15(2)16(3,4)22-18(21-15,17-9-11(17)10-17)12-6-7-14(20-5)13(19)8-12/h6-8,11H,9-10H2,1-5H3/q-1. The molecule has 1 aromatic rings. The maximum atomic E-state index is 14.3. The third-order valence-corrected chi connectivity index (χ3v) is 6.49. The Bertz CT molecular complexity index is 633. The molecule has 3 aliphatic rings. The number of rotatable bonds is 3. The topological polar surface area (TPSA) is 27.7 Å². The van der Waals surface area contributed by atoms with Gasteiger partial charge in [0.2, 0.25) is 0 Å². The summed E-state index contributed by atoms with van der Waals surface area (Å²) in [6.07, 6.45) is 2.26. The molecule has 1 saturated heterocycles. The zero-order valence-corrected chi connectivity index (χ0v) is 13.9. The van der Waals surface area contributed by atoms with Crippen LogP contribution in [0.3, 0.4) is 0 Å². The number of benzene rings is 1. The molecule has 3 nitrogen and oxygen atoms in total. The van der Waals surface area contributed by atoms with Gasteiger partial charge in [0, 0.05) is 11.2 Å². The molecule has 5 heteroatoms. The van der Waals surface area contributed by atoms with E-state index in [4.69, 9.17) is 14.0 Å². The minimum Gasteiger partial charge on any atom is -0.558 e. The van der Waals surface area contributed by atoms with E-state index in [2.05, 4.69) is 27.7 Å². The maximum absolute atomic E-state index is 14.3. The van der Waals surface area contributed by atoms with Gasteiger partial charge in [-0.2, -0.15) is 0 Å². The lowest BCUT2D eigenvalue weighted by molar-refractivity contribution is 0.00578. The molecule has 0 radical (unpaired) electrons. The zero-order valence-electron chi connectivity index (χ0n) is 13.9. The van der Waals surface area contributed by atoms with Gasteiger partial charge in [-0.1, -0.05) is 36.2 Å². The van der Waals surface area contributed by atoms with Crippen LogP contribution in [-0.2, 0) is 9.31 Å². The maximum Gasteiger partial charge on any atom is 0.276 e. The van der Waals surface area contributed by atoms with Crippen molar-refractivity contribution in [2.45, 2.75) is 57.1 Å². The van der Waals surface area contributed by atoms with E-state index >= 15 is 0 Å². The molecule has 1 aromatic carbocycles. The Labute approximate surface area is 131 Å². The molecule has 3 fully saturated rings. The quantitative estimate of drug-likeness (QED) is 0.802. The summed E-state index contributed by atoms with van der Waals surface area (Å²) in [5.74, 6) is 0.583. The summed E-state index contributed by atoms with van der Waals surface area (Å²) >= 11 is 0. The minimum atomic E-state index is -1.66. The van der Waals surface area contributed by atoms with E-state index in [-0.39, 0.29) is 16.9 Å². The van der Waals surface area contributed by atoms with Crippen molar-refractivity contribution in [3.8, 4) is 5.75 Å². The highest BCUT2D eigenvalue weighted by atomic mass is 19.1. The largest absolute Gasteiger partial charge is 0.558 e. The molecule has 1 aliphatic heterocycles. The van der Waals surface area contributed by atoms with Crippen molar-refractivity contribution >= 4 is 12.0 Å². The van der Waals surface area contributed by atoms with Crippen LogP contribution in [0.1, 0.15) is 40.5 Å². The third kappa shape index (κ3) is 1.59. The molecule has 0 atom stereocenters. The van der Waals surface area contributed by atoms with Crippen molar-refractivity contribution in [1.82, 2.24) is 0 Å². The van der Waals surface area contributed by atoms with E-state index in [1.165, 1.54) is 7.11 Å². The monoisotopic (exact) mass is 305 g/mol. The number of hydrogen-bond acceptors (Lipinski definition) is 3. The summed E-state index contributed by atoms with van der Waals surface area (Å²) < 4.78 is 32.4. The molecule has 0 amide bonds. The summed E-state index contributed by atoms with van der Waals surface area (Å²) in [5, 5.41) is 0.103. The van der Waals surface area contributed by atoms with Crippen LogP contribution in [0.5, 0.6) is 5.75 Å². The first-order valence-corrected chi connectivity index (χ1v) is 8.06. The van der Waals surface area contributed by atoms with E-state index in [9.17, 15) is 4.39 Å². The molecule has 0 unspecified atom stereocenters. The molecule has 0 spiro atoms. The van der Waals surface area contributed by atoms with Gasteiger partial charge in [-0.05, 0) is 33.8 Å². The lowest BCUT2D eigenvalue weighted by Crippen LogP contribution is -2.54. The lowest BCUT2D eigenvalue weighted by Gasteiger charge is -2.41. The van der Waals surface area contributed by atoms with Gasteiger partial charge in [0.15, 0.2) is 11.6 Å². The Kier molecular flexibility index (Phi) is 2.56. The third-order valence-electron chi connectivity index (χ3n) is 6.49. The normalized spacial score (nSPS) is 35.8.